The lowest BCUT2D eigenvalue weighted by Gasteiger charge is -2.15. The molecule has 0 aromatic carbocycles. The summed E-state index contributed by atoms with van der Waals surface area (Å²) in [6.45, 7) is 3.75. The van der Waals surface area contributed by atoms with E-state index in [9.17, 15) is 4.79 Å². The molecule has 2 aromatic rings. The standard InChI is InChI=1S/C12H18N6O/c1-4-8(11-14-5-6-15-11)16-12(19)10-9(13)7(2)17-18(10)3/h5-6,8H,4,13H2,1-3H3,(H,14,15)(H,16,19). The summed E-state index contributed by atoms with van der Waals surface area (Å²) in [6, 6.07) is -0.169. The number of aromatic amines is 1. The highest BCUT2D eigenvalue weighted by atomic mass is 16.2. The molecular weight excluding hydrogens is 244 g/mol. The Balaban J connectivity index is 2.21. The van der Waals surface area contributed by atoms with Crippen LogP contribution in [0.25, 0.3) is 0 Å². The molecule has 102 valence electrons. The molecule has 2 aromatic heterocycles. The topological polar surface area (TPSA) is 102 Å². The molecule has 7 nitrogen and oxygen atoms in total. The van der Waals surface area contributed by atoms with Crippen molar-refractivity contribution in [2.75, 3.05) is 5.73 Å². The van der Waals surface area contributed by atoms with Gasteiger partial charge in [-0.2, -0.15) is 5.10 Å². The average Bonchev–Trinajstić information content (AvgIpc) is 2.96. The maximum atomic E-state index is 12.3. The van der Waals surface area contributed by atoms with Crippen LogP contribution in [-0.2, 0) is 7.05 Å². The van der Waals surface area contributed by atoms with Gasteiger partial charge in [0.05, 0.1) is 17.4 Å². The van der Waals surface area contributed by atoms with Gasteiger partial charge in [-0.05, 0) is 13.3 Å². The number of hydrogen-bond acceptors (Lipinski definition) is 4. The highest BCUT2D eigenvalue weighted by molar-refractivity contribution is 5.98. The fraction of sp³-hybridized carbons (Fsp3) is 0.417. The van der Waals surface area contributed by atoms with Gasteiger partial charge in [0.15, 0.2) is 0 Å². The van der Waals surface area contributed by atoms with Crippen molar-refractivity contribution in [2.24, 2.45) is 7.05 Å². The fourth-order valence-electron chi connectivity index (χ4n) is 2.00. The Morgan fingerprint density at radius 3 is 2.84 bits per heavy atom. The Kier molecular flexibility index (Phi) is 3.55. The predicted molar refractivity (Wildman–Crippen MR) is 71.4 cm³/mol. The zero-order valence-corrected chi connectivity index (χ0v) is 11.3. The Labute approximate surface area is 111 Å². The van der Waals surface area contributed by atoms with Crippen LogP contribution in [0.3, 0.4) is 0 Å². The average molecular weight is 262 g/mol. The van der Waals surface area contributed by atoms with Crippen molar-refractivity contribution in [3.63, 3.8) is 0 Å². The molecule has 0 aliphatic rings. The molecule has 0 saturated heterocycles. The summed E-state index contributed by atoms with van der Waals surface area (Å²) in [4.78, 5) is 19.4. The number of imidazole rings is 1. The molecule has 2 rings (SSSR count). The number of nitrogens with one attached hydrogen (secondary N) is 2. The number of anilines is 1. The van der Waals surface area contributed by atoms with Crippen LogP contribution in [0.15, 0.2) is 12.4 Å². The van der Waals surface area contributed by atoms with Gasteiger partial charge < -0.3 is 16.0 Å². The van der Waals surface area contributed by atoms with Crippen LogP contribution in [0.2, 0.25) is 0 Å². The number of aryl methyl sites for hydroxylation is 2. The summed E-state index contributed by atoms with van der Waals surface area (Å²) in [7, 11) is 1.70. The molecule has 0 spiro atoms. The number of carbonyl (C=O) groups is 1. The Bertz CT molecular complexity index is 571. The van der Waals surface area contributed by atoms with Crippen LogP contribution in [-0.4, -0.2) is 25.7 Å². The quantitative estimate of drug-likeness (QED) is 0.762. The van der Waals surface area contributed by atoms with Gasteiger partial charge in [0.1, 0.15) is 11.5 Å². The van der Waals surface area contributed by atoms with Gasteiger partial charge in [-0.3, -0.25) is 9.48 Å². The molecule has 0 saturated carbocycles. The zero-order chi connectivity index (χ0) is 14.0. The second-order valence-corrected chi connectivity index (χ2v) is 4.38. The fourth-order valence-corrected chi connectivity index (χ4v) is 2.00. The van der Waals surface area contributed by atoms with Crippen LogP contribution in [0.5, 0.6) is 0 Å². The predicted octanol–water partition coefficient (Wildman–Crippen LogP) is 0.915. The molecule has 0 bridgehead atoms. The van der Waals surface area contributed by atoms with Gasteiger partial charge in [0, 0.05) is 19.4 Å². The van der Waals surface area contributed by atoms with E-state index in [1.54, 1.807) is 26.4 Å². The summed E-state index contributed by atoms with van der Waals surface area (Å²) in [5, 5.41) is 7.04. The van der Waals surface area contributed by atoms with Gasteiger partial charge in [-0.25, -0.2) is 4.98 Å². The van der Waals surface area contributed by atoms with Crippen molar-refractivity contribution < 1.29 is 4.79 Å². The number of hydrogen-bond donors (Lipinski definition) is 3. The molecule has 19 heavy (non-hydrogen) atoms. The van der Waals surface area contributed by atoms with E-state index in [1.807, 2.05) is 6.92 Å². The van der Waals surface area contributed by atoms with Crippen LogP contribution < -0.4 is 11.1 Å². The van der Waals surface area contributed by atoms with Crippen molar-refractivity contribution in [1.82, 2.24) is 25.1 Å². The number of nitrogens with two attached hydrogens (primary N) is 1. The van der Waals surface area contributed by atoms with E-state index in [-0.39, 0.29) is 11.9 Å². The summed E-state index contributed by atoms with van der Waals surface area (Å²) in [6.07, 6.45) is 4.12. The number of nitrogens with zero attached hydrogens (tertiary/aromatic N) is 3. The number of H-pyrrole nitrogens is 1. The molecular formula is C12H18N6O. The van der Waals surface area contributed by atoms with Crippen LogP contribution in [0.1, 0.15) is 41.4 Å². The number of nitrogen functional groups attached to an aromatic ring is 1. The molecule has 0 fully saturated rings. The number of carbonyl (C=O) groups excluding carboxylic acids is 1. The van der Waals surface area contributed by atoms with Crippen LogP contribution in [0, 0.1) is 6.92 Å². The van der Waals surface area contributed by atoms with Gasteiger partial charge in [0.25, 0.3) is 5.91 Å². The summed E-state index contributed by atoms with van der Waals surface area (Å²) in [5.41, 5.74) is 7.31. The lowest BCUT2D eigenvalue weighted by atomic mass is 10.2. The monoisotopic (exact) mass is 262 g/mol. The zero-order valence-electron chi connectivity index (χ0n) is 11.3. The van der Waals surface area contributed by atoms with Crippen LogP contribution >= 0.6 is 0 Å². The lowest BCUT2D eigenvalue weighted by molar-refractivity contribution is 0.0925. The minimum Gasteiger partial charge on any atom is -0.395 e. The highest BCUT2D eigenvalue weighted by Gasteiger charge is 2.21. The van der Waals surface area contributed by atoms with Crippen molar-refractivity contribution in [3.05, 3.63) is 29.6 Å². The number of aromatic nitrogens is 4. The first-order valence-corrected chi connectivity index (χ1v) is 6.13. The normalized spacial score (nSPS) is 12.4. The lowest BCUT2D eigenvalue weighted by Crippen LogP contribution is -2.31. The van der Waals surface area contributed by atoms with Gasteiger partial charge in [-0.1, -0.05) is 6.92 Å². The van der Waals surface area contributed by atoms with Crippen molar-refractivity contribution in [2.45, 2.75) is 26.3 Å². The van der Waals surface area contributed by atoms with E-state index >= 15 is 0 Å². The van der Waals surface area contributed by atoms with E-state index < -0.39 is 0 Å². The van der Waals surface area contributed by atoms with Crippen molar-refractivity contribution in [1.29, 1.82) is 0 Å². The second kappa shape index (κ2) is 5.13. The van der Waals surface area contributed by atoms with Crippen LogP contribution in [0.4, 0.5) is 5.69 Å². The molecule has 1 atom stereocenters. The van der Waals surface area contributed by atoms with E-state index in [0.29, 0.717) is 17.1 Å². The first-order valence-electron chi connectivity index (χ1n) is 6.13. The number of rotatable bonds is 4. The van der Waals surface area contributed by atoms with Gasteiger partial charge >= 0.3 is 0 Å². The summed E-state index contributed by atoms with van der Waals surface area (Å²) in [5.74, 6) is 0.483. The Morgan fingerprint density at radius 1 is 1.63 bits per heavy atom. The third-order valence-electron chi connectivity index (χ3n) is 3.05. The summed E-state index contributed by atoms with van der Waals surface area (Å²) >= 11 is 0. The SMILES string of the molecule is CCC(NC(=O)c1c(N)c(C)nn1C)c1ncc[nH]1. The summed E-state index contributed by atoms with van der Waals surface area (Å²) < 4.78 is 1.49. The largest absolute Gasteiger partial charge is 0.395 e. The molecule has 2 heterocycles. The third-order valence-corrected chi connectivity index (χ3v) is 3.05. The van der Waals surface area contributed by atoms with E-state index in [0.717, 1.165) is 12.2 Å². The van der Waals surface area contributed by atoms with Gasteiger partial charge in [-0.15, -0.1) is 0 Å². The minimum atomic E-state index is -0.246. The minimum absolute atomic E-state index is 0.169. The first-order chi connectivity index (χ1) is 9.04. The van der Waals surface area contributed by atoms with E-state index in [1.165, 1.54) is 4.68 Å². The van der Waals surface area contributed by atoms with Crippen molar-refractivity contribution >= 4 is 11.6 Å². The molecule has 1 amide bonds. The molecule has 0 aliphatic heterocycles. The Hall–Kier alpha value is -2.31. The molecule has 0 radical (unpaired) electrons. The molecule has 0 aliphatic carbocycles. The van der Waals surface area contributed by atoms with E-state index in [4.69, 9.17) is 5.73 Å². The van der Waals surface area contributed by atoms with E-state index in [2.05, 4.69) is 20.4 Å². The molecule has 7 heteroatoms. The highest BCUT2D eigenvalue weighted by Crippen LogP contribution is 2.18. The molecule has 1 unspecified atom stereocenters. The Morgan fingerprint density at radius 2 is 2.37 bits per heavy atom. The number of amides is 1. The molecule has 4 N–H and O–H groups in total. The third kappa shape index (κ3) is 2.44. The second-order valence-electron chi connectivity index (χ2n) is 4.38. The van der Waals surface area contributed by atoms with Gasteiger partial charge in [0.2, 0.25) is 0 Å². The maximum absolute atomic E-state index is 12.3. The maximum Gasteiger partial charge on any atom is 0.272 e. The van der Waals surface area contributed by atoms with Crippen molar-refractivity contribution in [3.8, 4) is 0 Å². The smallest absolute Gasteiger partial charge is 0.272 e. The first kappa shape index (κ1) is 13.1.